The first-order valence-electron chi connectivity index (χ1n) is 7.50. The molecule has 0 saturated heterocycles. The van der Waals surface area contributed by atoms with Crippen molar-refractivity contribution in [1.29, 1.82) is 0 Å². The van der Waals surface area contributed by atoms with E-state index < -0.39 is 0 Å². The number of hydrogen-bond acceptors (Lipinski definition) is 5. The van der Waals surface area contributed by atoms with Crippen molar-refractivity contribution in [2.75, 3.05) is 6.54 Å². The summed E-state index contributed by atoms with van der Waals surface area (Å²) in [5, 5.41) is 10.1. The largest absolute Gasteiger partial charge is 0.338 e. The number of carbonyl (C=O) groups excluding carboxylic acids is 1. The van der Waals surface area contributed by atoms with E-state index >= 15 is 0 Å². The fourth-order valence-electron chi connectivity index (χ4n) is 2.25. The molecule has 118 valence electrons. The summed E-state index contributed by atoms with van der Waals surface area (Å²) < 4.78 is 0. The van der Waals surface area contributed by atoms with Crippen LogP contribution in [0.5, 0.6) is 0 Å². The van der Waals surface area contributed by atoms with Crippen molar-refractivity contribution >= 4 is 28.7 Å². The van der Waals surface area contributed by atoms with Crippen molar-refractivity contribution in [3.63, 3.8) is 0 Å². The van der Waals surface area contributed by atoms with Gasteiger partial charge in [0, 0.05) is 29.1 Å². The zero-order valence-corrected chi connectivity index (χ0v) is 14.4. The predicted molar refractivity (Wildman–Crippen MR) is 89.6 cm³/mol. The lowest BCUT2D eigenvalue weighted by molar-refractivity contribution is 0.240. The molecule has 7 heteroatoms. The minimum atomic E-state index is -0.139. The number of amides is 2. The second-order valence-corrected chi connectivity index (χ2v) is 7.73. The minimum Gasteiger partial charge on any atom is -0.338 e. The predicted octanol–water partition coefficient (Wildman–Crippen LogP) is 3.14. The monoisotopic (exact) mass is 336 g/mol. The summed E-state index contributed by atoms with van der Waals surface area (Å²) in [6.07, 6.45) is 3.35. The fourth-order valence-corrected chi connectivity index (χ4v) is 4.18. The molecule has 22 heavy (non-hydrogen) atoms. The van der Waals surface area contributed by atoms with E-state index in [1.54, 1.807) is 22.7 Å². The number of aromatic nitrogens is 2. The van der Waals surface area contributed by atoms with E-state index in [0.717, 1.165) is 22.8 Å². The van der Waals surface area contributed by atoms with Gasteiger partial charge in [0.2, 0.25) is 0 Å². The van der Waals surface area contributed by atoms with Crippen LogP contribution in [0.2, 0.25) is 0 Å². The first kappa shape index (κ1) is 15.4. The van der Waals surface area contributed by atoms with E-state index in [-0.39, 0.29) is 6.03 Å². The van der Waals surface area contributed by atoms with E-state index in [0.29, 0.717) is 19.0 Å². The summed E-state index contributed by atoms with van der Waals surface area (Å²) in [5.74, 6) is 0.679. The van der Waals surface area contributed by atoms with Gasteiger partial charge < -0.3 is 10.6 Å². The Morgan fingerprint density at radius 1 is 1.32 bits per heavy atom. The molecular weight excluding hydrogens is 316 g/mol. The van der Waals surface area contributed by atoms with Crippen LogP contribution in [0.15, 0.2) is 5.38 Å². The quantitative estimate of drug-likeness (QED) is 0.851. The Morgan fingerprint density at radius 3 is 2.82 bits per heavy atom. The number of aryl methyl sites for hydroxylation is 2. The average Bonchev–Trinajstić information content (AvgIpc) is 3.14. The maximum atomic E-state index is 11.8. The molecule has 0 spiro atoms. The van der Waals surface area contributed by atoms with Crippen LogP contribution in [0.4, 0.5) is 4.79 Å². The Hall–Kier alpha value is -1.47. The highest BCUT2D eigenvalue weighted by Crippen LogP contribution is 2.41. The van der Waals surface area contributed by atoms with Crippen molar-refractivity contribution in [3.05, 3.63) is 31.7 Å². The highest BCUT2D eigenvalue weighted by Gasteiger charge is 2.26. The zero-order chi connectivity index (χ0) is 15.5. The Balaban J connectivity index is 1.37. The molecule has 3 rings (SSSR count). The molecule has 1 aliphatic rings. The third-order valence-corrected chi connectivity index (χ3v) is 5.75. The molecule has 1 fully saturated rings. The second kappa shape index (κ2) is 6.75. The van der Waals surface area contributed by atoms with Gasteiger partial charge in [-0.3, -0.25) is 0 Å². The summed E-state index contributed by atoms with van der Waals surface area (Å²) in [7, 11) is 0. The van der Waals surface area contributed by atoms with E-state index in [1.165, 1.54) is 22.7 Å². The standard InChI is InChI=1S/C15H20N4OS2/c1-9-13(22-10(2)18-9)5-6-16-15(20)17-7-12-8-21-14(19-12)11-3-4-11/h8,11H,3-7H2,1-2H3,(H2,16,17,20). The first-order chi connectivity index (χ1) is 10.6. The molecule has 2 aromatic rings. The van der Waals surface area contributed by atoms with E-state index in [2.05, 4.69) is 20.6 Å². The van der Waals surface area contributed by atoms with Gasteiger partial charge in [-0.25, -0.2) is 14.8 Å². The maximum absolute atomic E-state index is 11.8. The third-order valence-electron chi connectivity index (χ3n) is 3.56. The van der Waals surface area contributed by atoms with Gasteiger partial charge in [0.05, 0.1) is 27.9 Å². The highest BCUT2D eigenvalue weighted by molar-refractivity contribution is 7.11. The summed E-state index contributed by atoms with van der Waals surface area (Å²) >= 11 is 3.40. The third kappa shape index (κ3) is 4.04. The van der Waals surface area contributed by atoms with E-state index in [1.807, 2.05) is 19.2 Å². The Kier molecular flexibility index (Phi) is 4.73. The average molecular weight is 336 g/mol. The molecule has 5 nitrogen and oxygen atoms in total. The van der Waals surface area contributed by atoms with Crippen molar-refractivity contribution in [2.45, 2.75) is 45.6 Å². The molecule has 1 aliphatic carbocycles. The van der Waals surface area contributed by atoms with Crippen LogP contribution in [0, 0.1) is 13.8 Å². The summed E-state index contributed by atoms with van der Waals surface area (Å²) in [5.41, 5.74) is 2.02. The van der Waals surface area contributed by atoms with Crippen LogP contribution in [0.1, 0.15) is 45.0 Å². The lowest BCUT2D eigenvalue weighted by Gasteiger charge is -2.06. The molecular formula is C15H20N4OS2. The lowest BCUT2D eigenvalue weighted by atomic mass is 10.3. The maximum Gasteiger partial charge on any atom is 0.315 e. The topological polar surface area (TPSA) is 66.9 Å². The smallest absolute Gasteiger partial charge is 0.315 e. The van der Waals surface area contributed by atoms with Gasteiger partial charge in [-0.15, -0.1) is 22.7 Å². The number of carbonyl (C=O) groups is 1. The number of hydrogen-bond donors (Lipinski definition) is 2. The van der Waals surface area contributed by atoms with Crippen LogP contribution in [0.3, 0.4) is 0 Å². The van der Waals surface area contributed by atoms with Crippen LogP contribution < -0.4 is 10.6 Å². The van der Waals surface area contributed by atoms with Crippen molar-refractivity contribution in [3.8, 4) is 0 Å². The molecule has 0 aliphatic heterocycles. The minimum absolute atomic E-state index is 0.139. The van der Waals surface area contributed by atoms with Crippen LogP contribution in [-0.4, -0.2) is 22.5 Å². The molecule has 1 saturated carbocycles. The summed E-state index contributed by atoms with van der Waals surface area (Å²) in [6, 6.07) is -0.139. The normalized spacial score (nSPS) is 14.1. The molecule has 0 bridgehead atoms. The molecule has 2 heterocycles. The highest BCUT2D eigenvalue weighted by atomic mass is 32.1. The molecule has 0 aromatic carbocycles. The van der Waals surface area contributed by atoms with Gasteiger partial charge in [0.25, 0.3) is 0 Å². The summed E-state index contributed by atoms with van der Waals surface area (Å²) in [6.45, 7) is 5.14. The van der Waals surface area contributed by atoms with Crippen molar-refractivity contribution < 1.29 is 4.79 Å². The Labute approximate surface area is 138 Å². The number of thiazole rings is 2. The van der Waals surface area contributed by atoms with Crippen LogP contribution in [0.25, 0.3) is 0 Å². The van der Waals surface area contributed by atoms with Gasteiger partial charge in [0.15, 0.2) is 0 Å². The number of nitrogens with one attached hydrogen (secondary N) is 2. The van der Waals surface area contributed by atoms with Crippen LogP contribution in [-0.2, 0) is 13.0 Å². The number of nitrogens with zero attached hydrogens (tertiary/aromatic N) is 2. The molecule has 2 aromatic heterocycles. The number of rotatable bonds is 6. The van der Waals surface area contributed by atoms with Gasteiger partial charge in [-0.1, -0.05) is 0 Å². The van der Waals surface area contributed by atoms with Crippen molar-refractivity contribution in [1.82, 2.24) is 20.6 Å². The lowest BCUT2D eigenvalue weighted by Crippen LogP contribution is -2.36. The SMILES string of the molecule is Cc1nc(C)c(CCNC(=O)NCc2csc(C3CC3)n2)s1. The van der Waals surface area contributed by atoms with Gasteiger partial charge in [-0.2, -0.15) is 0 Å². The van der Waals surface area contributed by atoms with Gasteiger partial charge in [0.1, 0.15) is 0 Å². The molecule has 0 unspecified atom stereocenters. The fraction of sp³-hybridized carbons (Fsp3) is 0.533. The van der Waals surface area contributed by atoms with Gasteiger partial charge >= 0.3 is 6.03 Å². The van der Waals surface area contributed by atoms with Gasteiger partial charge in [-0.05, 0) is 26.7 Å². The van der Waals surface area contributed by atoms with Crippen molar-refractivity contribution in [2.24, 2.45) is 0 Å². The Morgan fingerprint density at radius 2 is 2.14 bits per heavy atom. The molecule has 0 atom stereocenters. The molecule has 2 amide bonds. The Bertz CT molecular complexity index is 660. The first-order valence-corrected chi connectivity index (χ1v) is 9.20. The molecule has 0 radical (unpaired) electrons. The van der Waals surface area contributed by atoms with E-state index in [9.17, 15) is 4.79 Å². The summed E-state index contributed by atoms with van der Waals surface area (Å²) in [4.78, 5) is 22.0. The van der Waals surface area contributed by atoms with Crippen LogP contribution >= 0.6 is 22.7 Å². The van der Waals surface area contributed by atoms with E-state index in [4.69, 9.17) is 0 Å². The number of urea groups is 1. The second-order valence-electron chi connectivity index (χ2n) is 5.55. The zero-order valence-electron chi connectivity index (χ0n) is 12.8. The molecule has 2 N–H and O–H groups in total.